The molecule has 0 aromatic heterocycles. The lowest BCUT2D eigenvalue weighted by Gasteiger charge is -2.42. The maximum atomic E-state index is 13.0. The first kappa shape index (κ1) is 22.9. The molecule has 0 radical (unpaired) electrons. The number of carbonyl (C=O) groups is 1. The van der Waals surface area contributed by atoms with E-state index >= 15 is 0 Å². The summed E-state index contributed by atoms with van der Waals surface area (Å²) in [5.74, 6) is 0.980. The lowest BCUT2D eigenvalue weighted by molar-refractivity contribution is -0.148. The maximum Gasteiger partial charge on any atom is 0.230 e. The Morgan fingerprint density at radius 3 is 2.08 bits per heavy atom. The lowest BCUT2D eigenvalue weighted by Crippen LogP contribution is -2.53. The highest BCUT2D eigenvalue weighted by molar-refractivity contribution is 5.85. The van der Waals surface area contributed by atoms with Crippen LogP contribution in [-0.4, -0.2) is 81.4 Å². The number of halogens is 2. The summed E-state index contributed by atoms with van der Waals surface area (Å²) < 4.78 is 10.8. The number of piperidine rings is 1. The van der Waals surface area contributed by atoms with E-state index in [9.17, 15) is 4.79 Å². The molecule has 1 amide bonds. The lowest BCUT2D eigenvalue weighted by atomic mass is 9.78. The number of likely N-dealkylation sites (tertiary alicyclic amines) is 1. The van der Waals surface area contributed by atoms with Crippen molar-refractivity contribution < 1.29 is 14.3 Å². The smallest absolute Gasteiger partial charge is 0.230 e. The molecule has 0 aliphatic carbocycles. The monoisotopic (exact) mass is 397 g/mol. The zero-order valence-electron chi connectivity index (χ0n) is 15.0. The van der Waals surface area contributed by atoms with E-state index in [1.54, 1.807) is 0 Å². The molecule has 3 fully saturated rings. The van der Waals surface area contributed by atoms with Gasteiger partial charge in [0.25, 0.3) is 0 Å². The van der Waals surface area contributed by atoms with E-state index in [1.807, 2.05) is 0 Å². The Balaban J connectivity index is 0.00000156. The number of nitrogens with zero attached hydrogens (tertiary/aromatic N) is 2. The Labute approximate surface area is 163 Å². The van der Waals surface area contributed by atoms with Crippen LogP contribution < -0.4 is 5.73 Å². The predicted molar refractivity (Wildman–Crippen MR) is 103 cm³/mol. The SMILES string of the molecule is Cl.Cl.NCC1(C(=O)N2CCC(CN3CCOCC3)CC2)CCOCC1. The van der Waals surface area contributed by atoms with Gasteiger partial charge in [0.05, 0.1) is 18.6 Å². The second-order valence-corrected chi connectivity index (χ2v) is 7.25. The molecule has 0 bridgehead atoms. The molecule has 25 heavy (non-hydrogen) atoms. The fourth-order valence-electron chi connectivity index (χ4n) is 4.07. The number of morpholine rings is 1. The average Bonchev–Trinajstić information content (AvgIpc) is 2.63. The Bertz CT molecular complexity index is 395. The fourth-order valence-corrected chi connectivity index (χ4v) is 4.07. The molecule has 3 aliphatic heterocycles. The molecule has 0 spiro atoms. The van der Waals surface area contributed by atoms with Crippen LogP contribution in [0.15, 0.2) is 0 Å². The molecule has 0 aromatic rings. The van der Waals surface area contributed by atoms with Crippen LogP contribution in [0.4, 0.5) is 0 Å². The number of hydrogen-bond donors (Lipinski definition) is 1. The Morgan fingerprint density at radius 2 is 1.52 bits per heavy atom. The molecule has 6 nitrogen and oxygen atoms in total. The van der Waals surface area contributed by atoms with E-state index in [0.29, 0.717) is 25.7 Å². The quantitative estimate of drug-likeness (QED) is 0.770. The van der Waals surface area contributed by atoms with E-state index < -0.39 is 0 Å². The van der Waals surface area contributed by atoms with Gasteiger partial charge >= 0.3 is 0 Å². The van der Waals surface area contributed by atoms with E-state index in [1.165, 1.54) is 0 Å². The summed E-state index contributed by atoms with van der Waals surface area (Å²) in [4.78, 5) is 17.5. The summed E-state index contributed by atoms with van der Waals surface area (Å²) in [7, 11) is 0. The number of amides is 1. The third-order valence-corrected chi connectivity index (χ3v) is 5.82. The van der Waals surface area contributed by atoms with Gasteiger partial charge in [-0.2, -0.15) is 0 Å². The van der Waals surface area contributed by atoms with Crippen LogP contribution in [0.3, 0.4) is 0 Å². The number of ether oxygens (including phenoxy) is 2. The Morgan fingerprint density at radius 1 is 0.960 bits per heavy atom. The van der Waals surface area contributed by atoms with Crippen LogP contribution >= 0.6 is 24.8 Å². The van der Waals surface area contributed by atoms with Crippen molar-refractivity contribution in [2.45, 2.75) is 25.7 Å². The molecule has 3 aliphatic rings. The largest absolute Gasteiger partial charge is 0.381 e. The number of hydrogen-bond acceptors (Lipinski definition) is 5. The highest BCUT2D eigenvalue weighted by Gasteiger charge is 2.42. The summed E-state index contributed by atoms with van der Waals surface area (Å²) in [6.07, 6.45) is 3.77. The summed E-state index contributed by atoms with van der Waals surface area (Å²) in [5.41, 5.74) is 5.61. The highest BCUT2D eigenvalue weighted by atomic mass is 35.5. The molecule has 0 aromatic carbocycles. The molecule has 3 saturated heterocycles. The van der Waals surface area contributed by atoms with Crippen molar-refractivity contribution >= 4 is 30.7 Å². The molecular weight excluding hydrogens is 365 g/mol. The minimum Gasteiger partial charge on any atom is -0.381 e. The van der Waals surface area contributed by atoms with E-state index in [2.05, 4.69) is 9.80 Å². The van der Waals surface area contributed by atoms with Crippen LogP contribution in [-0.2, 0) is 14.3 Å². The normalized spacial score (nSPS) is 24.9. The minimum absolute atomic E-state index is 0. The second kappa shape index (κ2) is 10.9. The molecule has 3 rings (SSSR count). The average molecular weight is 398 g/mol. The number of carbonyl (C=O) groups excluding carboxylic acids is 1. The van der Waals surface area contributed by atoms with Crippen molar-refractivity contribution in [1.82, 2.24) is 9.80 Å². The predicted octanol–water partition coefficient (Wildman–Crippen LogP) is 1.16. The molecule has 0 unspecified atom stereocenters. The van der Waals surface area contributed by atoms with Gasteiger partial charge in [-0.25, -0.2) is 0 Å². The standard InChI is InChI=1S/C17H31N3O3.2ClH/c18-14-17(3-9-22-10-4-17)16(21)20-5-1-15(2-6-20)13-19-7-11-23-12-8-19;;/h15H,1-14,18H2;2*1H. The van der Waals surface area contributed by atoms with Crippen LogP contribution in [0, 0.1) is 11.3 Å². The van der Waals surface area contributed by atoms with Crippen molar-refractivity contribution in [2.24, 2.45) is 17.1 Å². The fraction of sp³-hybridized carbons (Fsp3) is 0.941. The van der Waals surface area contributed by atoms with Crippen molar-refractivity contribution in [3.8, 4) is 0 Å². The molecule has 0 saturated carbocycles. The summed E-state index contributed by atoms with van der Waals surface area (Å²) in [6.45, 7) is 8.52. The maximum absolute atomic E-state index is 13.0. The van der Waals surface area contributed by atoms with Gasteiger partial charge in [-0.1, -0.05) is 0 Å². The van der Waals surface area contributed by atoms with Gasteiger partial charge in [0.15, 0.2) is 0 Å². The van der Waals surface area contributed by atoms with Gasteiger partial charge in [-0.3, -0.25) is 9.69 Å². The van der Waals surface area contributed by atoms with E-state index in [4.69, 9.17) is 15.2 Å². The number of rotatable bonds is 4. The van der Waals surface area contributed by atoms with Gasteiger partial charge in [0.2, 0.25) is 5.91 Å². The van der Waals surface area contributed by atoms with Crippen LogP contribution in [0.2, 0.25) is 0 Å². The van der Waals surface area contributed by atoms with Gasteiger partial charge < -0.3 is 20.1 Å². The summed E-state index contributed by atoms with van der Waals surface area (Å²) >= 11 is 0. The Hall–Kier alpha value is -0.110. The highest BCUT2D eigenvalue weighted by Crippen LogP contribution is 2.33. The zero-order valence-corrected chi connectivity index (χ0v) is 16.6. The van der Waals surface area contributed by atoms with Crippen molar-refractivity contribution in [2.75, 3.05) is 65.7 Å². The third-order valence-electron chi connectivity index (χ3n) is 5.82. The molecule has 148 valence electrons. The van der Waals surface area contributed by atoms with Gasteiger partial charge in [-0.15, -0.1) is 24.8 Å². The van der Waals surface area contributed by atoms with Crippen LogP contribution in [0.1, 0.15) is 25.7 Å². The van der Waals surface area contributed by atoms with Crippen LogP contribution in [0.5, 0.6) is 0 Å². The summed E-state index contributed by atoms with van der Waals surface area (Å²) in [6, 6.07) is 0. The van der Waals surface area contributed by atoms with Crippen molar-refractivity contribution in [1.29, 1.82) is 0 Å². The first-order valence-corrected chi connectivity index (χ1v) is 9.11. The van der Waals surface area contributed by atoms with E-state index in [-0.39, 0.29) is 36.1 Å². The van der Waals surface area contributed by atoms with Gasteiger partial charge in [0.1, 0.15) is 0 Å². The molecule has 0 atom stereocenters. The molecule has 3 heterocycles. The summed E-state index contributed by atoms with van der Waals surface area (Å²) in [5, 5.41) is 0. The minimum atomic E-state index is -0.366. The molecule has 2 N–H and O–H groups in total. The first-order chi connectivity index (χ1) is 11.2. The molecular formula is C17H33Cl2N3O3. The number of nitrogens with two attached hydrogens (primary N) is 1. The second-order valence-electron chi connectivity index (χ2n) is 7.25. The first-order valence-electron chi connectivity index (χ1n) is 9.11. The molecule has 8 heteroatoms. The van der Waals surface area contributed by atoms with E-state index in [0.717, 1.165) is 71.6 Å². The van der Waals surface area contributed by atoms with Crippen molar-refractivity contribution in [3.05, 3.63) is 0 Å². The topological polar surface area (TPSA) is 68.0 Å². The van der Waals surface area contributed by atoms with Gasteiger partial charge in [-0.05, 0) is 31.6 Å². The zero-order chi connectivity index (χ0) is 16.1. The van der Waals surface area contributed by atoms with Crippen LogP contribution in [0.25, 0.3) is 0 Å². The van der Waals surface area contributed by atoms with Crippen molar-refractivity contribution in [3.63, 3.8) is 0 Å². The van der Waals surface area contributed by atoms with Gasteiger partial charge in [0, 0.05) is 52.5 Å². The Kier molecular flexibility index (Phi) is 10.00. The third kappa shape index (κ3) is 5.68.